The molecule has 1 aliphatic carbocycles. The van der Waals surface area contributed by atoms with Gasteiger partial charge in [0.05, 0.1) is 39.3 Å². The van der Waals surface area contributed by atoms with Crippen molar-refractivity contribution in [2.75, 3.05) is 21.3 Å². The Labute approximate surface area is 190 Å². The molecule has 0 saturated heterocycles. The van der Waals surface area contributed by atoms with Gasteiger partial charge in [-0.3, -0.25) is 4.99 Å². The number of hydrogen-bond donors (Lipinski definition) is 0. The first kappa shape index (κ1) is 21.6. The van der Waals surface area contributed by atoms with E-state index >= 15 is 0 Å². The van der Waals surface area contributed by atoms with E-state index in [1.165, 1.54) is 19.3 Å². The average molecular weight is 458 g/mol. The second-order valence-corrected chi connectivity index (χ2v) is 8.97. The Hall–Kier alpha value is -2.58. The van der Waals surface area contributed by atoms with Gasteiger partial charge in [-0.2, -0.15) is 16.4 Å². The van der Waals surface area contributed by atoms with E-state index in [1.54, 1.807) is 44.0 Å². The van der Waals surface area contributed by atoms with Crippen molar-refractivity contribution >= 4 is 28.9 Å². The van der Waals surface area contributed by atoms with E-state index in [2.05, 4.69) is 16.8 Å². The average Bonchev–Trinajstić information content (AvgIpc) is 3.47. The molecule has 31 heavy (non-hydrogen) atoms. The highest BCUT2D eigenvalue weighted by Crippen LogP contribution is 2.41. The van der Waals surface area contributed by atoms with Crippen molar-refractivity contribution < 1.29 is 14.2 Å². The second kappa shape index (κ2) is 10.2. The van der Waals surface area contributed by atoms with Gasteiger partial charge >= 0.3 is 0 Å². The lowest BCUT2D eigenvalue weighted by molar-refractivity contribution is 0.324. The summed E-state index contributed by atoms with van der Waals surface area (Å²) < 4.78 is 18.5. The number of nitrogens with zero attached hydrogens (tertiary/aromatic N) is 3. The Morgan fingerprint density at radius 1 is 1.00 bits per heavy atom. The first-order valence-electron chi connectivity index (χ1n) is 10.3. The quantitative estimate of drug-likeness (QED) is 0.445. The van der Waals surface area contributed by atoms with E-state index in [9.17, 15) is 0 Å². The number of thiophene rings is 1. The number of rotatable bonds is 7. The Kier molecular flexibility index (Phi) is 7.09. The molecule has 164 valence electrons. The fourth-order valence-corrected chi connectivity index (χ4v) is 5.29. The minimum Gasteiger partial charge on any atom is -0.493 e. The predicted molar refractivity (Wildman–Crippen MR) is 127 cm³/mol. The van der Waals surface area contributed by atoms with Gasteiger partial charge in [-0.1, -0.05) is 19.3 Å². The third kappa shape index (κ3) is 4.85. The van der Waals surface area contributed by atoms with Crippen LogP contribution in [0.3, 0.4) is 0 Å². The number of thiazole rings is 1. The molecule has 1 saturated carbocycles. The molecule has 4 rings (SSSR count). The summed E-state index contributed by atoms with van der Waals surface area (Å²) in [5, 5.41) is 11.0. The summed E-state index contributed by atoms with van der Waals surface area (Å²) in [6.45, 7) is 0. The monoisotopic (exact) mass is 457 g/mol. The minimum atomic E-state index is 0.364. The molecule has 0 radical (unpaired) electrons. The van der Waals surface area contributed by atoms with E-state index in [4.69, 9.17) is 24.3 Å². The molecule has 3 aromatic rings. The number of ether oxygens (including phenoxy) is 3. The van der Waals surface area contributed by atoms with Crippen molar-refractivity contribution in [2.24, 2.45) is 10.1 Å². The fourth-order valence-electron chi connectivity index (χ4n) is 3.77. The highest BCUT2D eigenvalue weighted by Gasteiger charge is 2.18. The Morgan fingerprint density at radius 2 is 1.74 bits per heavy atom. The molecule has 1 fully saturated rings. The van der Waals surface area contributed by atoms with Gasteiger partial charge in [-0.05, 0) is 41.8 Å². The number of aromatic nitrogens is 1. The van der Waals surface area contributed by atoms with Crippen molar-refractivity contribution in [2.45, 2.75) is 38.1 Å². The van der Waals surface area contributed by atoms with Crippen LogP contribution in [-0.2, 0) is 0 Å². The molecule has 0 bridgehead atoms. The van der Waals surface area contributed by atoms with Crippen molar-refractivity contribution in [3.05, 3.63) is 44.7 Å². The maximum atomic E-state index is 5.56. The summed E-state index contributed by atoms with van der Waals surface area (Å²) in [5.74, 6) is 1.80. The lowest BCUT2D eigenvalue weighted by Gasteiger charge is -2.17. The van der Waals surface area contributed by atoms with Crippen LogP contribution >= 0.6 is 22.7 Å². The topological polar surface area (TPSA) is 57.3 Å². The summed E-state index contributed by atoms with van der Waals surface area (Å²) in [4.78, 5) is 5.97. The summed E-state index contributed by atoms with van der Waals surface area (Å²) in [5.41, 5.74) is 2.94. The smallest absolute Gasteiger partial charge is 0.206 e. The van der Waals surface area contributed by atoms with Crippen LogP contribution in [0.5, 0.6) is 17.2 Å². The van der Waals surface area contributed by atoms with Gasteiger partial charge in [0, 0.05) is 16.5 Å². The highest BCUT2D eigenvalue weighted by atomic mass is 32.1. The summed E-state index contributed by atoms with van der Waals surface area (Å²) in [6.07, 6.45) is 7.97. The van der Waals surface area contributed by atoms with Crippen LogP contribution in [0.25, 0.3) is 11.3 Å². The molecule has 2 aromatic heterocycles. The van der Waals surface area contributed by atoms with Crippen LogP contribution in [0.15, 0.2) is 44.4 Å². The van der Waals surface area contributed by atoms with E-state index in [0.29, 0.717) is 23.3 Å². The molecule has 8 heteroatoms. The van der Waals surface area contributed by atoms with Crippen LogP contribution in [0, 0.1) is 0 Å². The lowest BCUT2D eigenvalue weighted by atomic mass is 9.96. The fraction of sp³-hybridized carbons (Fsp3) is 0.391. The van der Waals surface area contributed by atoms with Gasteiger partial charge < -0.3 is 14.2 Å². The molecule has 6 nitrogen and oxygen atoms in total. The standard InChI is InChI=1S/C23H27N3O3S2/c1-27-20-11-17(12-21(28-2)22(20)29-3)19-15-31-23(25-18-7-5-4-6-8-18)26(19)24-13-16-9-10-30-14-16/h9-15,18H,4-8H2,1-3H3. The molecular formula is C23H27N3O3S2. The zero-order valence-corrected chi connectivity index (χ0v) is 19.7. The normalized spacial score (nSPS) is 15.5. The Bertz CT molecular complexity index is 1070. The molecular weight excluding hydrogens is 430 g/mol. The van der Waals surface area contributed by atoms with Gasteiger partial charge in [0.1, 0.15) is 0 Å². The zero-order valence-electron chi connectivity index (χ0n) is 18.0. The predicted octanol–water partition coefficient (Wildman–Crippen LogP) is 5.42. The first-order chi connectivity index (χ1) is 15.2. The Morgan fingerprint density at radius 3 is 2.35 bits per heavy atom. The molecule has 1 aromatic carbocycles. The highest BCUT2D eigenvalue weighted by molar-refractivity contribution is 7.08. The van der Waals surface area contributed by atoms with Gasteiger partial charge in [-0.25, -0.2) is 4.68 Å². The lowest BCUT2D eigenvalue weighted by Crippen LogP contribution is -2.19. The number of methoxy groups -OCH3 is 3. The molecule has 2 heterocycles. The molecule has 0 atom stereocenters. The van der Waals surface area contributed by atoms with E-state index in [-0.39, 0.29) is 0 Å². The third-order valence-corrected chi connectivity index (χ3v) is 6.91. The largest absolute Gasteiger partial charge is 0.493 e. The molecule has 0 aliphatic heterocycles. The van der Waals surface area contributed by atoms with Crippen LogP contribution < -0.4 is 19.0 Å². The van der Waals surface area contributed by atoms with Crippen molar-refractivity contribution in [1.82, 2.24) is 4.68 Å². The van der Waals surface area contributed by atoms with E-state index < -0.39 is 0 Å². The number of benzene rings is 1. The van der Waals surface area contributed by atoms with Crippen molar-refractivity contribution in [3.8, 4) is 28.5 Å². The Balaban J connectivity index is 1.83. The summed E-state index contributed by atoms with van der Waals surface area (Å²) in [6, 6.07) is 6.32. The molecule has 0 unspecified atom stereocenters. The maximum absolute atomic E-state index is 5.56. The van der Waals surface area contributed by atoms with Gasteiger partial charge in [0.15, 0.2) is 11.5 Å². The first-order valence-corrected chi connectivity index (χ1v) is 12.2. The third-order valence-electron chi connectivity index (χ3n) is 5.38. The van der Waals surface area contributed by atoms with Crippen LogP contribution in [0.2, 0.25) is 0 Å². The van der Waals surface area contributed by atoms with Crippen molar-refractivity contribution in [3.63, 3.8) is 0 Å². The molecule has 0 N–H and O–H groups in total. The van der Waals surface area contributed by atoms with Gasteiger partial charge in [0.2, 0.25) is 10.6 Å². The van der Waals surface area contributed by atoms with Gasteiger partial charge in [0.25, 0.3) is 0 Å². The summed E-state index contributed by atoms with van der Waals surface area (Å²) in [7, 11) is 4.86. The van der Waals surface area contributed by atoms with Crippen LogP contribution in [0.1, 0.15) is 37.7 Å². The van der Waals surface area contributed by atoms with E-state index in [0.717, 1.165) is 34.5 Å². The van der Waals surface area contributed by atoms with Crippen LogP contribution in [0.4, 0.5) is 0 Å². The number of hydrogen-bond acceptors (Lipinski definition) is 7. The van der Waals surface area contributed by atoms with Crippen LogP contribution in [-0.4, -0.2) is 38.3 Å². The molecule has 1 aliphatic rings. The van der Waals surface area contributed by atoms with E-state index in [1.807, 2.05) is 28.4 Å². The zero-order chi connectivity index (χ0) is 21.6. The van der Waals surface area contributed by atoms with Gasteiger partial charge in [-0.15, -0.1) is 11.3 Å². The maximum Gasteiger partial charge on any atom is 0.206 e. The van der Waals surface area contributed by atoms with Crippen molar-refractivity contribution in [1.29, 1.82) is 0 Å². The SMILES string of the molecule is COc1cc(-c2csc(=NC3CCCCC3)n2N=Cc2ccsc2)cc(OC)c1OC. The molecule has 0 spiro atoms. The summed E-state index contributed by atoms with van der Waals surface area (Å²) >= 11 is 3.27. The molecule has 0 amide bonds. The minimum absolute atomic E-state index is 0.364. The second-order valence-electron chi connectivity index (χ2n) is 7.35.